The van der Waals surface area contributed by atoms with Crippen molar-refractivity contribution in [2.24, 2.45) is 5.73 Å². The van der Waals surface area contributed by atoms with Crippen molar-refractivity contribution < 1.29 is 4.79 Å². The predicted octanol–water partition coefficient (Wildman–Crippen LogP) is 1.70. The molecule has 2 unspecified atom stereocenters. The Labute approximate surface area is 114 Å². The summed E-state index contributed by atoms with van der Waals surface area (Å²) in [7, 11) is 0. The summed E-state index contributed by atoms with van der Waals surface area (Å²) >= 11 is 0. The Morgan fingerprint density at radius 3 is 2.83 bits per heavy atom. The van der Waals surface area contributed by atoms with Crippen LogP contribution in [0.5, 0.6) is 0 Å². The lowest BCUT2D eigenvalue weighted by Gasteiger charge is -2.37. The first-order valence-corrected chi connectivity index (χ1v) is 6.38. The van der Waals surface area contributed by atoms with Crippen LogP contribution in [0.2, 0.25) is 0 Å². The van der Waals surface area contributed by atoms with E-state index in [9.17, 15) is 4.79 Å². The fraction of sp³-hybridized carbons (Fsp3) is 0.500. The normalized spacial score (nSPS) is 25.7. The summed E-state index contributed by atoms with van der Waals surface area (Å²) in [5, 5.41) is 0. The fourth-order valence-corrected chi connectivity index (χ4v) is 2.91. The van der Waals surface area contributed by atoms with E-state index in [0.717, 1.165) is 32.4 Å². The van der Waals surface area contributed by atoms with Crippen LogP contribution in [0.3, 0.4) is 0 Å². The van der Waals surface area contributed by atoms with Crippen molar-refractivity contribution in [2.45, 2.75) is 31.2 Å². The molecule has 0 radical (unpaired) electrons. The maximum atomic E-state index is 12.4. The standard InChI is InChI=1S/C14H18N2O.ClH/c15-11-5-3-7-16(9-11)14(17)13-8-10-4-1-2-6-12(10)13;/h1-2,4,6,11,13H,3,5,7-9,15H2;1H. The number of piperidine rings is 1. The lowest BCUT2D eigenvalue weighted by molar-refractivity contribution is -0.134. The maximum absolute atomic E-state index is 12.4. The van der Waals surface area contributed by atoms with E-state index in [4.69, 9.17) is 5.73 Å². The summed E-state index contributed by atoms with van der Waals surface area (Å²) in [6.07, 6.45) is 2.99. The number of nitrogens with two attached hydrogens (primary N) is 1. The molecule has 1 aliphatic heterocycles. The molecule has 1 aliphatic carbocycles. The number of rotatable bonds is 1. The van der Waals surface area contributed by atoms with E-state index in [1.807, 2.05) is 17.0 Å². The lowest BCUT2D eigenvalue weighted by atomic mass is 9.76. The van der Waals surface area contributed by atoms with E-state index >= 15 is 0 Å². The number of halogens is 1. The molecule has 1 heterocycles. The highest BCUT2D eigenvalue weighted by Crippen LogP contribution is 2.36. The van der Waals surface area contributed by atoms with Gasteiger partial charge < -0.3 is 10.6 Å². The summed E-state index contributed by atoms with van der Waals surface area (Å²) in [5.41, 5.74) is 8.47. The molecule has 1 aromatic rings. The first-order valence-electron chi connectivity index (χ1n) is 6.38. The fourth-order valence-electron chi connectivity index (χ4n) is 2.91. The molecule has 0 saturated carbocycles. The molecule has 3 nitrogen and oxygen atoms in total. The first kappa shape index (κ1) is 13.4. The van der Waals surface area contributed by atoms with Crippen LogP contribution in [-0.4, -0.2) is 29.9 Å². The van der Waals surface area contributed by atoms with Gasteiger partial charge in [0.2, 0.25) is 5.91 Å². The lowest BCUT2D eigenvalue weighted by Crippen LogP contribution is -2.48. The Bertz CT molecular complexity index is 449. The molecule has 4 heteroatoms. The monoisotopic (exact) mass is 266 g/mol. The molecule has 98 valence electrons. The SMILES string of the molecule is Cl.NC1CCCN(C(=O)C2Cc3ccccc32)C1. The van der Waals surface area contributed by atoms with Gasteiger partial charge in [-0.2, -0.15) is 0 Å². The van der Waals surface area contributed by atoms with Gasteiger partial charge in [0.1, 0.15) is 0 Å². The minimum absolute atomic E-state index is 0. The van der Waals surface area contributed by atoms with E-state index in [-0.39, 0.29) is 30.3 Å². The van der Waals surface area contributed by atoms with Crippen molar-refractivity contribution in [3.05, 3.63) is 35.4 Å². The minimum atomic E-state index is 0. The highest BCUT2D eigenvalue weighted by Gasteiger charge is 2.35. The summed E-state index contributed by atoms with van der Waals surface area (Å²) in [6, 6.07) is 8.41. The van der Waals surface area contributed by atoms with Gasteiger partial charge in [-0.1, -0.05) is 24.3 Å². The zero-order chi connectivity index (χ0) is 11.8. The van der Waals surface area contributed by atoms with E-state index in [0.29, 0.717) is 0 Å². The van der Waals surface area contributed by atoms with Gasteiger partial charge in [0.25, 0.3) is 0 Å². The summed E-state index contributed by atoms with van der Waals surface area (Å²) in [5.74, 6) is 0.371. The number of likely N-dealkylation sites (tertiary alicyclic amines) is 1. The second kappa shape index (κ2) is 5.29. The van der Waals surface area contributed by atoms with Crippen molar-refractivity contribution in [2.75, 3.05) is 13.1 Å². The van der Waals surface area contributed by atoms with E-state index in [1.165, 1.54) is 11.1 Å². The van der Waals surface area contributed by atoms with Crippen LogP contribution in [0.1, 0.15) is 29.9 Å². The molecule has 1 amide bonds. The van der Waals surface area contributed by atoms with E-state index in [2.05, 4.69) is 12.1 Å². The highest BCUT2D eigenvalue weighted by molar-refractivity contribution is 5.87. The van der Waals surface area contributed by atoms with E-state index < -0.39 is 0 Å². The van der Waals surface area contributed by atoms with Gasteiger partial charge >= 0.3 is 0 Å². The van der Waals surface area contributed by atoms with Crippen LogP contribution in [0, 0.1) is 0 Å². The smallest absolute Gasteiger partial charge is 0.230 e. The third-order valence-corrected chi connectivity index (χ3v) is 3.92. The molecular weight excluding hydrogens is 248 g/mol. The van der Waals surface area contributed by atoms with Gasteiger partial charge in [0, 0.05) is 19.1 Å². The molecule has 2 aliphatic rings. The molecule has 0 aromatic heterocycles. The number of amides is 1. The first-order chi connectivity index (χ1) is 8.25. The van der Waals surface area contributed by atoms with Gasteiger partial charge in [-0.15, -0.1) is 12.4 Å². The Morgan fingerprint density at radius 2 is 2.11 bits per heavy atom. The Morgan fingerprint density at radius 1 is 1.33 bits per heavy atom. The van der Waals surface area contributed by atoms with Crippen molar-refractivity contribution in [1.29, 1.82) is 0 Å². The predicted molar refractivity (Wildman–Crippen MR) is 73.9 cm³/mol. The zero-order valence-electron chi connectivity index (χ0n) is 10.3. The van der Waals surface area contributed by atoms with Gasteiger partial charge in [-0.05, 0) is 30.4 Å². The Hall–Kier alpha value is -1.06. The van der Waals surface area contributed by atoms with Crippen molar-refractivity contribution >= 4 is 18.3 Å². The van der Waals surface area contributed by atoms with E-state index in [1.54, 1.807) is 0 Å². The number of benzene rings is 1. The molecular formula is C14H19ClN2O. The highest BCUT2D eigenvalue weighted by atomic mass is 35.5. The number of carbonyl (C=O) groups excluding carboxylic acids is 1. The van der Waals surface area contributed by atoms with Crippen molar-refractivity contribution in [3.63, 3.8) is 0 Å². The molecule has 0 bridgehead atoms. The second-order valence-corrected chi connectivity index (χ2v) is 5.14. The second-order valence-electron chi connectivity index (χ2n) is 5.14. The third kappa shape index (κ3) is 2.25. The maximum Gasteiger partial charge on any atom is 0.230 e. The van der Waals surface area contributed by atoms with Gasteiger partial charge in [0.05, 0.1) is 5.92 Å². The third-order valence-electron chi connectivity index (χ3n) is 3.92. The van der Waals surface area contributed by atoms with Gasteiger partial charge in [0.15, 0.2) is 0 Å². The van der Waals surface area contributed by atoms with Crippen LogP contribution in [0.25, 0.3) is 0 Å². The quantitative estimate of drug-likeness (QED) is 0.841. The molecule has 0 spiro atoms. The van der Waals surface area contributed by atoms with Gasteiger partial charge in [-0.3, -0.25) is 4.79 Å². The average molecular weight is 267 g/mol. The molecule has 2 N–H and O–H groups in total. The number of nitrogens with zero attached hydrogens (tertiary/aromatic N) is 1. The van der Waals surface area contributed by atoms with Crippen LogP contribution >= 0.6 is 12.4 Å². The minimum Gasteiger partial charge on any atom is -0.341 e. The van der Waals surface area contributed by atoms with Crippen LogP contribution in [0.4, 0.5) is 0 Å². The summed E-state index contributed by atoms with van der Waals surface area (Å²) in [6.45, 7) is 1.61. The molecule has 1 saturated heterocycles. The molecule has 1 fully saturated rings. The largest absolute Gasteiger partial charge is 0.341 e. The molecule has 3 rings (SSSR count). The van der Waals surface area contributed by atoms with Crippen molar-refractivity contribution in [3.8, 4) is 0 Å². The van der Waals surface area contributed by atoms with Gasteiger partial charge in [-0.25, -0.2) is 0 Å². The molecule has 1 aromatic carbocycles. The van der Waals surface area contributed by atoms with Crippen LogP contribution in [-0.2, 0) is 11.2 Å². The molecule has 2 atom stereocenters. The Balaban J connectivity index is 0.00000120. The number of hydrogen-bond acceptors (Lipinski definition) is 2. The number of carbonyl (C=O) groups is 1. The average Bonchev–Trinajstić information content (AvgIpc) is 2.30. The molecule has 18 heavy (non-hydrogen) atoms. The Kier molecular flexibility index (Phi) is 3.93. The van der Waals surface area contributed by atoms with Crippen molar-refractivity contribution in [1.82, 2.24) is 4.90 Å². The summed E-state index contributed by atoms with van der Waals surface area (Å²) in [4.78, 5) is 14.3. The summed E-state index contributed by atoms with van der Waals surface area (Å²) < 4.78 is 0. The van der Waals surface area contributed by atoms with Crippen LogP contribution < -0.4 is 5.73 Å². The number of hydrogen-bond donors (Lipinski definition) is 1. The number of fused-ring (bicyclic) bond motifs is 1. The zero-order valence-corrected chi connectivity index (χ0v) is 11.2. The van der Waals surface area contributed by atoms with Crippen LogP contribution in [0.15, 0.2) is 24.3 Å². The topological polar surface area (TPSA) is 46.3 Å².